The molecule has 172 valence electrons. The molecule has 0 aromatic carbocycles. The second-order valence-electron chi connectivity index (χ2n) is 7.37. The van der Waals surface area contributed by atoms with Gasteiger partial charge in [0.15, 0.2) is 11.4 Å². The van der Waals surface area contributed by atoms with E-state index < -0.39 is 35.8 Å². The first kappa shape index (κ1) is 23.4. The Labute approximate surface area is 184 Å². The summed E-state index contributed by atoms with van der Waals surface area (Å²) in [6.07, 6.45) is 0.0797. The summed E-state index contributed by atoms with van der Waals surface area (Å²) in [4.78, 5) is 27.5. The van der Waals surface area contributed by atoms with E-state index in [1.54, 1.807) is 30.5 Å². The Morgan fingerprint density at radius 2 is 2.28 bits per heavy atom. The Morgan fingerprint density at radius 3 is 2.97 bits per heavy atom. The minimum Gasteiger partial charge on any atom is -0.468 e. The number of hydrogen-bond acceptors (Lipinski definition) is 11. The highest BCUT2D eigenvalue weighted by atomic mass is 16.6. The number of nitrogens with two attached hydrogens (primary N) is 1. The standard InChI is InChI=1S/C20H26N6O6/c1-4-16(27)31-15-7-20(8-21,9-30-11-24-12(2)19(28)29-3)32-17(15)13-5-6-14-18(22)23-10-25-26(13)14/h5-6,10,12,15,17,24H,4,7,9,11H2,1-3H3,(H2,22,23,25)/t12-,15+,17-,20+/m0/s1. The van der Waals surface area contributed by atoms with Crippen LogP contribution in [0.2, 0.25) is 0 Å². The van der Waals surface area contributed by atoms with Crippen LogP contribution in [-0.4, -0.2) is 64.7 Å². The molecule has 12 heteroatoms. The first-order valence-corrected chi connectivity index (χ1v) is 10.1. The van der Waals surface area contributed by atoms with Gasteiger partial charge in [0, 0.05) is 12.8 Å². The number of carbonyl (C=O) groups excluding carboxylic acids is 2. The summed E-state index contributed by atoms with van der Waals surface area (Å²) in [6, 6.07) is 5.04. The summed E-state index contributed by atoms with van der Waals surface area (Å²) >= 11 is 0. The van der Waals surface area contributed by atoms with E-state index in [2.05, 4.69) is 26.2 Å². The van der Waals surface area contributed by atoms with E-state index in [4.69, 9.17) is 19.9 Å². The number of nitrogens with zero attached hydrogens (tertiary/aromatic N) is 4. The molecule has 0 aliphatic carbocycles. The number of methoxy groups -OCH3 is 1. The van der Waals surface area contributed by atoms with Crippen LogP contribution >= 0.6 is 0 Å². The monoisotopic (exact) mass is 446 g/mol. The minimum atomic E-state index is -1.37. The number of rotatable bonds is 9. The fourth-order valence-corrected chi connectivity index (χ4v) is 3.45. The fraction of sp³-hybridized carbons (Fsp3) is 0.550. The maximum absolute atomic E-state index is 12.0. The van der Waals surface area contributed by atoms with Crippen LogP contribution in [0.25, 0.3) is 5.52 Å². The van der Waals surface area contributed by atoms with Crippen molar-refractivity contribution >= 4 is 23.3 Å². The Bertz CT molecular complexity index is 1020. The van der Waals surface area contributed by atoms with Crippen molar-refractivity contribution in [2.24, 2.45) is 0 Å². The van der Waals surface area contributed by atoms with E-state index in [0.29, 0.717) is 11.2 Å². The van der Waals surface area contributed by atoms with Gasteiger partial charge >= 0.3 is 11.9 Å². The molecule has 12 nitrogen and oxygen atoms in total. The van der Waals surface area contributed by atoms with Crippen LogP contribution in [0.15, 0.2) is 18.5 Å². The van der Waals surface area contributed by atoms with Gasteiger partial charge in [-0.2, -0.15) is 10.4 Å². The minimum absolute atomic E-state index is 0.00897. The quantitative estimate of drug-likeness (QED) is 0.313. The lowest BCUT2D eigenvalue weighted by Gasteiger charge is -2.22. The number of nitrogen functional groups attached to an aromatic ring is 1. The number of nitriles is 1. The highest BCUT2D eigenvalue weighted by Gasteiger charge is 2.50. The van der Waals surface area contributed by atoms with Gasteiger partial charge in [0.05, 0.1) is 26.1 Å². The SMILES string of the molecule is CCC(=O)O[C@@H]1C[C@@](C#N)(COCN[C@@H](C)C(=O)OC)O[C@H]1c1ccc2c(N)ncnn12. The summed E-state index contributed by atoms with van der Waals surface area (Å²) in [7, 11) is 1.29. The zero-order valence-electron chi connectivity index (χ0n) is 18.1. The van der Waals surface area contributed by atoms with Crippen molar-refractivity contribution in [3.8, 4) is 6.07 Å². The molecule has 2 aromatic rings. The lowest BCUT2D eigenvalue weighted by atomic mass is 10.00. The topological polar surface area (TPSA) is 163 Å². The summed E-state index contributed by atoms with van der Waals surface area (Å²) in [5.41, 5.74) is 5.67. The fourth-order valence-electron chi connectivity index (χ4n) is 3.45. The molecule has 32 heavy (non-hydrogen) atoms. The van der Waals surface area contributed by atoms with E-state index in [1.165, 1.54) is 13.4 Å². The maximum Gasteiger partial charge on any atom is 0.322 e. The van der Waals surface area contributed by atoms with Crippen LogP contribution in [0.4, 0.5) is 5.82 Å². The lowest BCUT2D eigenvalue weighted by molar-refractivity contribution is -0.152. The highest BCUT2D eigenvalue weighted by Crippen LogP contribution is 2.42. The maximum atomic E-state index is 12.0. The third-order valence-electron chi connectivity index (χ3n) is 5.18. The van der Waals surface area contributed by atoms with Gasteiger partial charge in [0.1, 0.15) is 36.2 Å². The Hall–Kier alpha value is -3.27. The van der Waals surface area contributed by atoms with Gasteiger partial charge < -0.3 is 24.7 Å². The highest BCUT2D eigenvalue weighted by molar-refractivity contribution is 5.75. The third kappa shape index (κ3) is 4.80. The van der Waals surface area contributed by atoms with E-state index in [1.807, 2.05) is 0 Å². The van der Waals surface area contributed by atoms with Gasteiger partial charge in [-0.15, -0.1) is 0 Å². The van der Waals surface area contributed by atoms with Gasteiger partial charge in [-0.25, -0.2) is 9.50 Å². The largest absolute Gasteiger partial charge is 0.468 e. The number of anilines is 1. The molecule has 1 aliphatic rings. The molecule has 0 bridgehead atoms. The van der Waals surface area contributed by atoms with Crippen molar-refractivity contribution in [1.82, 2.24) is 19.9 Å². The number of nitrogens with one attached hydrogen (secondary N) is 1. The second-order valence-corrected chi connectivity index (χ2v) is 7.37. The second kappa shape index (κ2) is 9.90. The van der Waals surface area contributed by atoms with Gasteiger partial charge in [0.25, 0.3) is 0 Å². The molecule has 3 heterocycles. The van der Waals surface area contributed by atoms with Crippen LogP contribution in [0.3, 0.4) is 0 Å². The molecule has 1 saturated heterocycles. The summed E-state index contributed by atoms with van der Waals surface area (Å²) < 4.78 is 23.5. The molecule has 0 saturated carbocycles. The Balaban J connectivity index is 1.79. The molecule has 0 amide bonds. The van der Waals surface area contributed by atoms with Crippen molar-refractivity contribution in [1.29, 1.82) is 5.26 Å². The molecule has 4 atom stereocenters. The lowest BCUT2D eigenvalue weighted by Crippen LogP contribution is -2.39. The summed E-state index contributed by atoms with van der Waals surface area (Å²) in [5.74, 6) is -0.567. The van der Waals surface area contributed by atoms with Gasteiger partial charge in [0.2, 0.25) is 0 Å². The van der Waals surface area contributed by atoms with E-state index >= 15 is 0 Å². The van der Waals surface area contributed by atoms with E-state index in [-0.39, 0.29) is 32.0 Å². The zero-order valence-corrected chi connectivity index (χ0v) is 18.1. The smallest absolute Gasteiger partial charge is 0.322 e. The van der Waals surface area contributed by atoms with Crippen molar-refractivity contribution in [2.75, 3.05) is 26.2 Å². The van der Waals surface area contributed by atoms with Crippen molar-refractivity contribution in [2.45, 2.75) is 50.5 Å². The molecule has 3 N–H and O–H groups in total. The first-order chi connectivity index (χ1) is 15.3. The van der Waals surface area contributed by atoms with Crippen LogP contribution < -0.4 is 11.1 Å². The number of esters is 2. The van der Waals surface area contributed by atoms with Crippen LogP contribution in [0, 0.1) is 11.3 Å². The number of carbonyl (C=O) groups is 2. The Morgan fingerprint density at radius 1 is 1.50 bits per heavy atom. The molecular weight excluding hydrogens is 420 g/mol. The summed E-state index contributed by atoms with van der Waals surface area (Å²) in [5, 5.41) is 16.9. The molecule has 0 spiro atoms. The van der Waals surface area contributed by atoms with Gasteiger partial charge in [-0.05, 0) is 19.1 Å². The first-order valence-electron chi connectivity index (χ1n) is 10.1. The number of hydrogen-bond donors (Lipinski definition) is 2. The van der Waals surface area contributed by atoms with Crippen molar-refractivity contribution < 1.29 is 28.5 Å². The predicted octanol–water partition coefficient (Wildman–Crippen LogP) is 0.482. The van der Waals surface area contributed by atoms with E-state index in [9.17, 15) is 14.9 Å². The molecule has 1 fully saturated rings. The Kier molecular flexibility index (Phi) is 7.24. The van der Waals surface area contributed by atoms with Gasteiger partial charge in [-0.1, -0.05) is 6.92 Å². The normalized spacial score (nSPS) is 23.6. The molecule has 0 unspecified atom stereocenters. The average Bonchev–Trinajstić information content (AvgIpc) is 3.38. The molecule has 0 radical (unpaired) electrons. The van der Waals surface area contributed by atoms with Crippen molar-refractivity contribution in [3.05, 3.63) is 24.2 Å². The zero-order chi connectivity index (χ0) is 23.3. The van der Waals surface area contributed by atoms with Crippen molar-refractivity contribution in [3.63, 3.8) is 0 Å². The average molecular weight is 446 g/mol. The third-order valence-corrected chi connectivity index (χ3v) is 5.18. The molecular formula is C20H26N6O6. The molecule has 2 aromatic heterocycles. The van der Waals surface area contributed by atoms with Crippen LogP contribution in [0.5, 0.6) is 0 Å². The molecule has 1 aliphatic heterocycles. The van der Waals surface area contributed by atoms with Crippen LogP contribution in [-0.2, 0) is 28.5 Å². The number of ether oxygens (including phenoxy) is 4. The molecule has 3 rings (SSSR count). The van der Waals surface area contributed by atoms with E-state index in [0.717, 1.165) is 0 Å². The number of fused-ring (bicyclic) bond motifs is 1. The summed E-state index contributed by atoms with van der Waals surface area (Å²) in [6.45, 7) is 3.19. The predicted molar refractivity (Wildman–Crippen MR) is 110 cm³/mol. The number of aromatic nitrogens is 3. The van der Waals surface area contributed by atoms with Gasteiger partial charge in [-0.3, -0.25) is 14.9 Å². The van der Waals surface area contributed by atoms with Crippen LogP contribution in [0.1, 0.15) is 38.5 Å².